The Morgan fingerprint density at radius 2 is 1.57 bits per heavy atom. The first-order valence-electron chi connectivity index (χ1n) is 9.52. The van der Waals surface area contributed by atoms with Gasteiger partial charge in [-0.3, -0.25) is 14.4 Å². The van der Waals surface area contributed by atoms with Crippen LogP contribution < -0.4 is 0 Å². The van der Waals surface area contributed by atoms with Gasteiger partial charge in [-0.05, 0) is 31.9 Å². The van der Waals surface area contributed by atoms with Crippen molar-refractivity contribution < 1.29 is 23.9 Å². The molecular weight excluding hydrogens is 356 g/mol. The fourth-order valence-electron chi connectivity index (χ4n) is 3.93. The average Bonchev–Trinajstić information content (AvgIpc) is 2.95. The molecule has 1 aliphatic rings. The summed E-state index contributed by atoms with van der Waals surface area (Å²) >= 11 is 0. The molecule has 0 spiro atoms. The summed E-state index contributed by atoms with van der Waals surface area (Å²) in [6.45, 7) is 5.54. The van der Waals surface area contributed by atoms with Gasteiger partial charge in [0.2, 0.25) is 0 Å². The third-order valence-corrected chi connectivity index (χ3v) is 5.07. The lowest BCUT2D eigenvalue weighted by Crippen LogP contribution is -2.39. The third kappa shape index (κ3) is 3.57. The molecule has 3 rings (SSSR count). The van der Waals surface area contributed by atoms with E-state index in [2.05, 4.69) is 0 Å². The van der Waals surface area contributed by atoms with Gasteiger partial charge < -0.3 is 9.47 Å². The van der Waals surface area contributed by atoms with Crippen LogP contribution in [-0.2, 0) is 19.1 Å². The standard InChI is InChI=1S/C23H24O5/c1-4-27-22(25)20(23(26)28-5-2)19-18(15-9-7-6-8-10-15)17-13-14(3)11-12-16(17)21(19)24/h6-13,18-20H,4-5H2,1-3H3/t18-,19-/m0/s1. The Labute approximate surface area is 164 Å². The molecule has 0 aromatic heterocycles. The van der Waals surface area contributed by atoms with E-state index < -0.39 is 29.7 Å². The van der Waals surface area contributed by atoms with Gasteiger partial charge in [0, 0.05) is 11.5 Å². The smallest absolute Gasteiger partial charge is 0.321 e. The van der Waals surface area contributed by atoms with E-state index in [0.717, 1.165) is 16.7 Å². The molecule has 0 bridgehead atoms. The first-order chi connectivity index (χ1) is 13.5. The molecule has 0 amide bonds. The highest BCUT2D eigenvalue weighted by Crippen LogP contribution is 2.46. The number of esters is 2. The number of aryl methyl sites for hydroxylation is 1. The van der Waals surface area contributed by atoms with Gasteiger partial charge in [0.05, 0.1) is 19.1 Å². The van der Waals surface area contributed by atoms with Crippen LogP contribution >= 0.6 is 0 Å². The predicted octanol–water partition coefficient (Wildman–Crippen LogP) is 3.68. The number of hydrogen-bond acceptors (Lipinski definition) is 5. The second-order valence-electron chi connectivity index (χ2n) is 6.85. The SMILES string of the molecule is CCOC(=O)C(C(=O)OCC)[C@H]1C(=O)c2ccc(C)cc2[C@@H]1c1ccccc1. The first-order valence-corrected chi connectivity index (χ1v) is 9.52. The fraction of sp³-hybridized carbons (Fsp3) is 0.348. The minimum Gasteiger partial charge on any atom is -0.465 e. The van der Waals surface area contributed by atoms with Gasteiger partial charge in [-0.2, -0.15) is 0 Å². The number of fused-ring (bicyclic) bond motifs is 1. The Bertz CT molecular complexity index is 869. The highest BCUT2D eigenvalue weighted by atomic mass is 16.6. The van der Waals surface area contributed by atoms with Crippen LogP contribution in [0.1, 0.15) is 46.8 Å². The fourth-order valence-corrected chi connectivity index (χ4v) is 3.93. The van der Waals surface area contributed by atoms with Gasteiger partial charge in [0.25, 0.3) is 0 Å². The zero-order valence-electron chi connectivity index (χ0n) is 16.3. The molecule has 0 saturated carbocycles. The van der Waals surface area contributed by atoms with Crippen molar-refractivity contribution in [3.05, 3.63) is 70.8 Å². The normalized spacial score (nSPS) is 18.1. The van der Waals surface area contributed by atoms with Crippen molar-refractivity contribution in [2.24, 2.45) is 11.8 Å². The molecule has 28 heavy (non-hydrogen) atoms. The molecule has 0 radical (unpaired) electrons. The van der Waals surface area contributed by atoms with E-state index >= 15 is 0 Å². The maximum absolute atomic E-state index is 13.3. The zero-order valence-corrected chi connectivity index (χ0v) is 16.3. The molecule has 2 aromatic carbocycles. The molecule has 0 unspecified atom stereocenters. The molecule has 0 fully saturated rings. The topological polar surface area (TPSA) is 69.7 Å². The lowest BCUT2D eigenvalue weighted by atomic mass is 9.77. The summed E-state index contributed by atoms with van der Waals surface area (Å²) in [5.41, 5.74) is 3.27. The van der Waals surface area contributed by atoms with Crippen LogP contribution in [0.15, 0.2) is 48.5 Å². The zero-order chi connectivity index (χ0) is 20.3. The van der Waals surface area contributed by atoms with Gasteiger partial charge in [-0.15, -0.1) is 0 Å². The highest BCUT2D eigenvalue weighted by molar-refractivity contribution is 6.10. The van der Waals surface area contributed by atoms with E-state index in [0.29, 0.717) is 5.56 Å². The van der Waals surface area contributed by atoms with Crippen molar-refractivity contribution in [1.82, 2.24) is 0 Å². The summed E-state index contributed by atoms with van der Waals surface area (Å²) in [5.74, 6) is -4.27. The van der Waals surface area contributed by atoms with Gasteiger partial charge >= 0.3 is 11.9 Å². The van der Waals surface area contributed by atoms with Gasteiger partial charge in [0.15, 0.2) is 11.7 Å². The van der Waals surface area contributed by atoms with E-state index in [4.69, 9.17) is 9.47 Å². The molecule has 146 valence electrons. The second kappa shape index (κ2) is 8.38. The molecule has 1 aliphatic carbocycles. The van der Waals surface area contributed by atoms with E-state index in [-0.39, 0.29) is 19.0 Å². The number of rotatable bonds is 6. The molecule has 2 aromatic rings. The lowest BCUT2D eigenvalue weighted by Gasteiger charge is -2.25. The third-order valence-electron chi connectivity index (χ3n) is 5.07. The molecule has 0 heterocycles. The summed E-state index contributed by atoms with van der Waals surface area (Å²) in [6.07, 6.45) is 0. The van der Waals surface area contributed by atoms with Crippen LogP contribution in [0, 0.1) is 18.8 Å². The molecule has 0 aliphatic heterocycles. The number of ether oxygens (including phenoxy) is 2. The molecule has 5 nitrogen and oxygen atoms in total. The molecular formula is C23H24O5. The minimum atomic E-state index is -1.30. The van der Waals surface area contributed by atoms with E-state index in [1.165, 1.54) is 0 Å². The second-order valence-corrected chi connectivity index (χ2v) is 6.85. The van der Waals surface area contributed by atoms with E-state index in [9.17, 15) is 14.4 Å². The first kappa shape index (κ1) is 19.8. The number of Topliss-reactive ketones (excluding diaryl/α,β-unsaturated/α-hetero) is 1. The summed E-state index contributed by atoms with van der Waals surface area (Å²) in [6, 6.07) is 15.1. The van der Waals surface area contributed by atoms with Crippen LogP contribution in [0.2, 0.25) is 0 Å². The highest BCUT2D eigenvalue weighted by Gasteiger charge is 2.51. The lowest BCUT2D eigenvalue weighted by molar-refractivity contribution is -0.163. The van der Waals surface area contributed by atoms with Crippen LogP contribution in [0.25, 0.3) is 0 Å². The van der Waals surface area contributed by atoms with Crippen molar-refractivity contribution >= 4 is 17.7 Å². The number of carbonyl (C=O) groups is 3. The molecule has 5 heteroatoms. The van der Waals surface area contributed by atoms with Crippen molar-refractivity contribution in [1.29, 1.82) is 0 Å². The maximum atomic E-state index is 13.3. The van der Waals surface area contributed by atoms with Gasteiger partial charge in [-0.25, -0.2) is 0 Å². The van der Waals surface area contributed by atoms with Gasteiger partial charge in [-0.1, -0.05) is 54.1 Å². The molecule has 2 atom stereocenters. The Morgan fingerprint density at radius 1 is 0.964 bits per heavy atom. The number of carbonyl (C=O) groups excluding carboxylic acids is 3. The Morgan fingerprint density at radius 3 is 2.14 bits per heavy atom. The van der Waals surface area contributed by atoms with Crippen LogP contribution in [0.3, 0.4) is 0 Å². The monoisotopic (exact) mass is 380 g/mol. The van der Waals surface area contributed by atoms with Crippen molar-refractivity contribution in [2.75, 3.05) is 13.2 Å². The minimum absolute atomic E-state index is 0.123. The predicted molar refractivity (Wildman–Crippen MR) is 104 cm³/mol. The molecule has 0 N–H and O–H groups in total. The van der Waals surface area contributed by atoms with Crippen molar-refractivity contribution in [3.8, 4) is 0 Å². The van der Waals surface area contributed by atoms with Gasteiger partial charge in [0.1, 0.15) is 0 Å². The number of hydrogen-bond donors (Lipinski definition) is 0. The number of ketones is 1. The summed E-state index contributed by atoms with van der Waals surface area (Å²) in [4.78, 5) is 38.8. The van der Waals surface area contributed by atoms with Crippen molar-refractivity contribution in [2.45, 2.75) is 26.7 Å². The average molecular weight is 380 g/mol. The van der Waals surface area contributed by atoms with E-state index in [1.54, 1.807) is 19.9 Å². The van der Waals surface area contributed by atoms with Crippen LogP contribution in [0.4, 0.5) is 0 Å². The largest absolute Gasteiger partial charge is 0.465 e. The molecule has 0 saturated heterocycles. The Kier molecular flexibility index (Phi) is 5.93. The summed E-state index contributed by atoms with van der Waals surface area (Å²) in [5, 5.41) is 0. The van der Waals surface area contributed by atoms with Crippen molar-refractivity contribution in [3.63, 3.8) is 0 Å². The Balaban J connectivity index is 2.16. The maximum Gasteiger partial charge on any atom is 0.321 e. The number of benzene rings is 2. The quantitative estimate of drug-likeness (QED) is 0.565. The Hall–Kier alpha value is -2.95. The van der Waals surface area contributed by atoms with Crippen LogP contribution in [-0.4, -0.2) is 30.9 Å². The van der Waals surface area contributed by atoms with E-state index in [1.807, 2.05) is 49.4 Å². The summed E-state index contributed by atoms with van der Waals surface area (Å²) in [7, 11) is 0. The van der Waals surface area contributed by atoms with Crippen LogP contribution in [0.5, 0.6) is 0 Å². The summed E-state index contributed by atoms with van der Waals surface area (Å²) < 4.78 is 10.3.